The van der Waals surface area contributed by atoms with E-state index in [0.29, 0.717) is 12.3 Å². The van der Waals surface area contributed by atoms with E-state index in [1.165, 1.54) is 19.3 Å². The number of H-pyrrole nitrogens is 1. The molecule has 7 heteroatoms. The van der Waals surface area contributed by atoms with Gasteiger partial charge in [-0.2, -0.15) is 10.3 Å². The third-order valence-corrected chi connectivity index (χ3v) is 4.42. The molecule has 1 saturated heterocycles. The highest BCUT2D eigenvalue weighted by Gasteiger charge is 2.23. The largest absolute Gasteiger partial charge is 0.461 e. The van der Waals surface area contributed by atoms with Crippen molar-refractivity contribution in [2.75, 3.05) is 24.6 Å². The number of ether oxygens (including phenoxy) is 1. The smallest absolute Gasteiger partial charge is 0.361 e. The number of piperidine rings is 1. The summed E-state index contributed by atoms with van der Waals surface area (Å²) in [6, 6.07) is 5.99. The van der Waals surface area contributed by atoms with Crippen molar-refractivity contribution in [1.82, 2.24) is 15.4 Å². The van der Waals surface area contributed by atoms with E-state index in [9.17, 15) is 4.79 Å². The first-order valence-electron chi connectivity index (χ1n) is 7.83. The van der Waals surface area contributed by atoms with E-state index in [1.807, 2.05) is 12.1 Å². The lowest BCUT2D eigenvalue weighted by molar-refractivity contribution is 0.0520. The molecule has 0 unspecified atom stereocenters. The topological polar surface area (TPSA) is 71.1 Å². The summed E-state index contributed by atoms with van der Waals surface area (Å²) in [5, 5.41) is 10.7. The average molecular weight is 379 g/mol. The predicted molar refractivity (Wildman–Crippen MR) is 91.5 cm³/mol. The molecule has 1 fully saturated rings. The summed E-state index contributed by atoms with van der Waals surface area (Å²) in [5.41, 5.74) is 2.73. The Morgan fingerprint density at radius 2 is 2.09 bits per heavy atom. The van der Waals surface area contributed by atoms with Crippen LogP contribution in [0.3, 0.4) is 0 Å². The van der Waals surface area contributed by atoms with Crippen molar-refractivity contribution in [3.8, 4) is 11.3 Å². The van der Waals surface area contributed by atoms with Crippen LogP contribution in [0.1, 0.15) is 36.7 Å². The number of nitrogens with zero attached hydrogens (tertiary/aromatic N) is 3. The van der Waals surface area contributed by atoms with E-state index in [-0.39, 0.29) is 5.69 Å². The molecule has 0 bridgehead atoms. The fourth-order valence-corrected chi connectivity index (χ4v) is 3.21. The van der Waals surface area contributed by atoms with Gasteiger partial charge in [-0.1, -0.05) is 15.9 Å². The molecule has 0 amide bonds. The van der Waals surface area contributed by atoms with Gasteiger partial charge >= 0.3 is 5.97 Å². The molecule has 1 N–H and O–H groups in total. The van der Waals surface area contributed by atoms with Gasteiger partial charge in [-0.15, -0.1) is 5.10 Å². The lowest BCUT2D eigenvalue weighted by Crippen LogP contribution is -2.29. The zero-order valence-corrected chi connectivity index (χ0v) is 14.6. The first kappa shape index (κ1) is 16.0. The zero-order valence-electron chi connectivity index (χ0n) is 13.0. The Bertz CT molecular complexity index is 695. The number of rotatable bonds is 4. The molecule has 3 rings (SSSR count). The average Bonchev–Trinajstić information content (AvgIpc) is 3.05. The monoisotopic (exact) mass is 378 g/mol. The molecular weight excluding hydrogens is 360 g/mol. The van der Waals surface area contributed by atoms with Gasteiger partial charge in [0.2, 0.25) is 0 Å². The number of nitrogens with one attached hydrogen (secondary N) is 1. The normalized spacial score (nSPS) is 14.8. The Labute approximate surface area is 143 Å². The second kappa shape index (κ2) is 7.12. The van der Waals surface area contributed by atoms with Crippen molar-refractivity contribution in [3.63, 3.8) is 0 Å². The van der Waals surface area contributed by atoms with Crippen LogP contribution in [0, 0.1) is 0 Å². The molecule has 2 aromatic rings. The zero-order chi connectivity index (χ0) is 16.2. The Morgan fingerprint density at radius 1 is 1.30 bits per heavy atom. The van der Waals surface area contributed by atoms with Crippen LogP contribution in [0.5, 0.6) is 0 Å². The number of aromatic nitrogens is 3. The van der Waals surface area contributed by atoms with E-state index in [0.717, 1.165) is 28.8 Å². The molecule has 1 aliphatic rings. The van der Waals surface area contributed by atoms with Gasteiger partial charge in [0, 0.05) is 28.8 Å². The molecule has 23 heavy (non-hydrogen) atoms. The predicted octanol–water partition coefficient (Wildman–Crippen LogP) is 3.40. The van der Waals surface area contributed by atoms with Crippen LogP contribution >= 0.6 is 15.9 Å². The standard InChI is InChI=1S/C16H19BrN4O2/c1-2-23-16(22)15-14(18-20-19-15)12-7-6-11(17)10-13(12)21-8-4-3-5-9-21/h6-7,10H,2-5,8-9H2,1H3,(H,18,19,20). The minimum absolute atomic E-state index is 0.229. The fourth-order valence-electron chi connectivity index (χ4n) is 2.86. The molecule has 0 saturated carbocycles. The summed E-state index contributed by atoms with van der Waals surface area (Å²) >= 11 is 3.54. The van der Waals surface area contributed by atoms with Crippen LogP contribution in [0.15, 0.2) is 22.7 Å². The number of hydrogen-bond acceptors (Lipinski definition) is 5. The van der Waals surface area contributed by atoms with Crippen LogP contribution in [0.25, 0.3) is 11.3 Å². The van der Waals surface area contributed by atoms with Crippen molar-refractivity contribution in [2.45, 2.75) is 26.2 Å². The summed E-state index contributed by atoms with van der Waals surface area (Å²) in [7, 11) is 0. The van der Waals surface area contributed by atoms with E-state index < -0.39 is 5.97 Å². The van der Waals surface area contributed by atoms with Crippen molar-refractivity contribution in [3.05, 3.63) is 28.4 Å². The van der Waals surface area contributed by atoms with Gasteiger partial charge in [-0.3, -0.25) is 0 Å². The van der Waals surface area contributed by atoms with Crippen LogP contribution in [0.2, 0.25) is 0 Å². The summed E-state index contributed by atoms with van der Waals surface area (Å²) in [4.78, 5) is 14.4. The van der Waals surface area contributed by atoms with E-state index >= 15 is 0 Å². The molecule has 2 heterocycles. The third-order valence-electron chi connectivity index (χ3n) is 3.93. The van der Waals surface area contributed by atoms with Gasteiger partial charge < -0.3 is 9.64 Å². The lowest BCUT2D eigenvalue weighted by atomic mass is 10.0. The highest BCUT2D eigenvalue weighted by Crippen LogP contribution is 2.35. The van der Waals surface area contributed by atoms with E-state index in [4.69, 9.17) is 4.74 Å². The molecule has 6 nitrogen and oxygen atoms in total. The second-order valence-electron chi connectivity index (χ2n) is 5.45. The molecule has 0 atom stereocenters. The minimum Gasteiger partial charge on any atom is -0.461 e. The quantitative estimate of drug-likeness (QED) is 0.825. The molecule has 1 aromatic carbocycles. The highest BCUT2D eigenvalue weighted by atomic mass is 79.9. The van der Waals surface area contributed by atoms with Gasteiger partial charge in [-0.05, 0) is 44.4 Å². The highest BCUT2D eigenvalue weighted by molar-refractivity contribution is 9.10. The number of carbonyl (C=O) groups excluding carboxylic acids is 1. The molecule has 1 aromatic heterocycles. The van der Waals surface area contributed by atoms with Gasteiger partial charge in [0.1, 0.15) is 5.69 Å². The van der Waals surface area contributed by atoms with E-state index in [2.05, 4.69) is 42.3 Å². The van der Waals surface area contributed by atoms with Gasteiger partial charge in [0.05, 0.1) is 6.61 Å². The van der Waals surface area contributed by atoms with Crippen LogP contribution < -0.4 is 4.90 Å². The maximum absolute atomic E-state index is 12.1. The van der Waals surface area contributed by atoms with Crippen molar-refractivity contribution in [2.24, 2.45) is 0 Å². The Morgan fingerprint density at radius 3 is 2.83 bits per heavy atom. The van der Waals surface area contributed by atoms with Crippen LogP contribution in [-0.4, -0.2) is 41.1 Å². The maximum Gasteiger partial charge on any atom is 0.361 e. The van der Waals surface area contributed by atoms with Crippen molar-refractivity contribution < 1.29 is 9.53 Å². The fraction of sp³-hybridized carbons (Fsp3) is 0.438. The van der Waals surface area contributed by atoms with Crippen molar-refractivity contribution >= 4 is 27.6 Å². The molecule has 122 valence electrons. The SMILES string of the molecule is CCOC(=O)c1n[nH]nc1-c1ccc(Br)cc1N1CCCCC1. The number of anilines is 1. The number of aromatic amines is 1. The number of benzene rings is 1. The van der Waals surface area contributed by atoms with Gasteiger partial charge in [0.25, 0.3) is 0 Å². The molecular formula is C16H19BrN4O2. The number of hydrogen-bond donors (Lipinski definition) is 1. The summed E-state index contributed by atoms with van der Waals surface area (Å²) < 4.78 is 6.08. The van der Waals surface area contributed by atoms with Crippen molar-refractivity contribution in [1.29, 1.82) is 0 Å². The first-order valence-corrected chi connectivity index (χ1v) is 8.62. The molecule has 0 radical (unpaired) electrons. The van der Waals surface area contributed by atoms with Gasteiger partial charge in [0.15, 0.2) is 5.69 Å². The third kappa shape index (κ3) is 3.39. The Hall–Kier alpha value is -1.89. The van der Waals surface area contributed by atoms with Gasteiger partial charge in [-0.25, -0.2) is 4.79 Å². The second-order valence-corrected chi connectivity index (χ2v) is 6.37. The number of halogens is 1. The number of carbonyl (C=O) groups is 1. The maximum atomic E-state index is 12.1. The molecule has 0 spiro atoms. The summed E-state index contributed by atoms with van der Waals surface area (Å²) in [5.74, 6) is -0.455. The molecule has 0 aliphatic carbocycles. The summed E-state index contributed by atoms with van der Waals surface area (Å²) in [6.07, 6.45) is 3.61. The number of esters is 1. The lowest BCUT2D eigenvalue weighted by Gasteiger charge is -2.30. The van der Waals surface area contributed by atoms with Crippen LogP contribution in [0.4, 0.5) is 5.69 Å². The Kier molecular flexibility index (Phi) is 4.95. The summed E-state index contributed by atoms with van der Waals surface area (Å²) in [6.45, 7) is 4.10. The van der Waals surface area contributed by atoms with E-state index in [1.54, 1.807) is 6.92 Å². The minimum atomic E-state index is -0.455. The molecule has 1 aliphatic heterocycles. The van der Waals surface area contributed by atoms with Crippen LogP contribution in [-0.2, 0) is 4.74 Å². The first-order chi connectivity index (χ1) is 11.2. The Balaban J connectivity index is 2.03.